The number of anilines is 1. The van der Waals surface area contributed by atoms with E-state index in [0.29, 0.717) is 5.13 Å². The summed E-state index contributed by atoms with van der Waals surface area (Å²) in [5, 5.41) is 14.8. The van der Waals surface area contributed by atoms with Crippen molar-refractivity contribution < 1.29 is 4.79 Å². The van der Waals surface area contributed by atoms with Crippen molar-refractivity contribution >= 4 is 22.4 Å². The van der Waals surface area contributed by atoms with Crippen molar-refractivity contribution in [3.05, 3.63) is 52.8 Å². The minimum absolute atomic E-state index is 0.192. The van der Waals surface area contributed by atoms with Gasteiger partial charge in [-0.2, -0.15) is 0 Å². The van der Waals surface area contributed by atoms with Crippen molar-refractivity contribution in [2.45, 2.75) is 38.1 Å². The number of amides is 1. The fraction of sp³-hybridized carbons (Fsp3) is 0.353. The number of carbonyl (C=O) groups excluding carboxylic acids is 1. The van der Waals surface area contributed by atoms with Gasteiger partial charge in [-0.05, 0) is 41.7 Å². The number of nitrogens with zero attached hydrogens (tertiary/aromatic N) is 5. The molecule has 1 aliphatic rings. The number of fused-ring (bicyclic) bond motifs is 1. The molecule has 0 radical (unpaired) electrons. The predicted molar refractivity (Wildman–Crippen MR) is 94.4 cm³/mol. The molecule has 1 N–H and O–H groups in total. The average Bonchev–Trinajstić information content (AvgIpc) is 3.22. The van der Waals surface area contributed by atoms with Gasteiger partial charge in [-0.25, -0.2) is 9.67 Å². The number of benzene rings is 1. The normalized spacial score (nSPS) is 15.2. The molecule has 0 unspecified atom stereocenters. The summed E-state index contributed by atoms with van der Waals surface area (Å²) in [6.45, 7) is 0. The van der Waals surface area contributed by atoms with Gasteiger partial charge in [-0.15, -0.1) is 16.4 Å². The molecular formula is C17H18N6OS. The van der Waals surface area contributed by atoms with E-state index in [-0.39, 0.29) is 5.91 Å². The first-order valence-electron chi connectivity index (χ1n) is 8.38. The minimum Gasteiger partial charge on any atom is -0.300 e. The first kappa shape index (κ1) is 15.9. The summed E-state index contributed by atoms with van der Waals surface area (Å²) in [5.74, 6) is -0.192. The van der Waals surface area contributed by atoms with Gasteiger partial charge in [0.25, 0.3) is 5.91 Å². The Balaban J connectivity index is 1.59. The van der Waals surface area contributed by atoms with Crippen molar-refractivity contribution in [3.8, 4) is 0 Å². The molecule has 1 aliphatic carbocycles. The van der Waals surface area contributed by atoms with Crippen molar-refractivity contribution in [1.82, 2.24) is 25.2 Å². The van der Waals surface area contributed by atoms with Crippen LogP contribution in [0.25, 0.3) is 0 Å². The third kappa shape index (κ3) is 3.43. The molecule has 0 saturated heterocycles. The largest absolute Gasteiger partial charge is 0.300 e. The summed E-state index contributed by atoms with van der Waals surface area (Å²) in [6, 6.07) is 8.86. The number of aryl methyl sites for hydroxylation is 2. The van der Waals surface area contributed by atoms with Gasteiger partial charge in [-0.1, -0.05) is 36.8 Å². The van der Waals surface area contributed by atoms with Crippen LogP contribution >= 0.6 is 11.3 Å². The van der Waals surface area contributed by atoms with Gasteiger partial charge in [0.05, 0.1) is 5.69 Å². The number of thiazole rings is 1. The summed E-state index contributed by atoms with van der Waals surface area (Å²) < 4.78 is 1.46. The molecule has 25 heavy (non-hydrogen) atoms. The lowest BCUT2D eigenvalue weighted by molar-refractivity contribution is -0.118. The standard InChI is InChI=1S/C17H18N6OS/c24-16(20-17-19-13-9-5-2-6-10-14(13)25-17)15(23-11-18-21-22-23)12-7-3-1-4-8-12/h1,3-4,7-8,11,15H,2,5-6,9-10H2,(H,19,20,24)/t15-/m0/s1. The van der Waals surface area contributed by atoms with E-state index in [1.54, 1.807) is 11.3 Å². The molecule has 0 fully saturated rings. The molecular weight excluding hydrogens is 336 g/mol. The minimum atomic E-state index is -0.625. The predicted octanol–water partition coefficient (Wildman–Crippen LogP) is 2.63. The van der Waals surface area contributed by atoms with Gasteiger partial charge in [0.15, 0.2) is 11.2 Å². The van der Waals surface area contributed by atoms with Crippen LogP contribution in [0.3, 0.4) is 0 Å². The first-order chi connectivity index (χ1) is 12.3. The lowest BCUT2D eigenvalue weighted by Crippen LogP contribution is -2.27. The number of aromatic nitrogens is 5. The Hall–Kier alpha value is -2.61. The van der Waals surface area contributed by atoms with Gasteiger partial charge in [0.2, 0.25) is 0 Å². The number of hydrogen-bond donors (Lipinski definition) is 1. The van der Waals surface area contributed by atoms with Gasteiger partial charge < -0.3 is 0 Å². The number of hydrogen-bond acceptors (Lipinski definition) is 6. The number of carbonyl (C=O) groups is 1. The summed E-state index contributed by atoms with van der Waals surface area (Å²) in [5.41, 5.74) is 1.96. The van der Waals surface area contributed by atoms with Gasteiger partial charge in [-0.3, -0.25) is 10.1 Å². The van der Waals surface area contributed by atoms with Gasteiger partial charge in [0.1, 0.15) is 6.33 Å². The molecule has 8 heteroatoms. The summed E-state index contributed by atoms with van der Waals surface area (Å²) in [6.07, 6.45) is 7.12. The molecule has 128 valence electrons. The molecule has 0 bridgehead atoms. The number of rotatable bonds is 4. The maximum Gasteiger partial charge on any atom is 0.255 e. The molecule has 1 atom stereocenters. The lowest BCUT2D eigenvalue weighted by atomic mass is 10.1. The highest BCUT2D eigenvalue weighted by Crippen LogP contribution is 2.30. The maximum atomic E-state index is 12.9. The third-order valence-electron chi connectivity index (χ3n) is 4.32. The molecule has 0 saturated carbocycles. The Morgan fingerprint density at radius 2 is 2.00 bits per heavy atom. The lowest BCUT2D eigenvalue weighted by Gasteiger charge is -2.15. The molecule has 1 amide bonds. The van der Waals surface area contributed by atoms with Crippen molar-refractivity contribution in [2.75, 3.05) is 5.32 Å². The van der Waals surface area contributed by atoms with Gasteiger partial charge in [0, 0.05) is 4.88 Å². The Morgan fingerprint density at radius 1 is 1.16 bits per heavy atom. The SMILES string of the molecule is O=C(Nc1nc2c(s1)CCCCC2)[C@H](c1ccccc1)n1cnnn1. The Bertz CT molecular complexity index is 822. The monoisotopic (exact) mass is 354 g/mol. The van der Waals surface area contributed by atoms with E-state index >= 15 is 0 Å². The smallest absolute Gasteiger partial charge is 0.255 e. The molecule has 4 rings (SSSR count). The maximum absolute atomic E-state index is 12.9. The second-order valence-corrected chi connectivity index (χ2v) is 7.13. The molecule has 2 aromatic heterocycles. The fourth-order valence-corrected chi connectivity index (χ4v) is 4.16. The van der Waals surface area contributed by atoms with E-state index in [2.05, 4.69) is 25.8 Å². The first-order valence-corrected chi connectivity index (χ1v) is 9.20. The van der Waals surface area contributed by atoms with E-state index in [0.717, 1.165) is 24.1 Å². The zero-order valence-corrected chi connectivity index (χ0v) is 14.4. The molecule has 0 spiro atoms. The van der Waals surface area contributed by atoms with E-state index in [4.69, 9.17) is 0 Å². The molecule has 0 aliphatic heterocycles. The van der Waals surface area contributed by atoms with Crippen LogP contribution in [-0.2, 0) is 17.6 Å². The fourth-order valence-electron chi connectivity index (χ4n) is 3.10. The number of nitrogens with one attached hydrogen (secondary N) is 1. The highest BCUT2D eigenvalue weighted by Gasteiger charge is 2.25. The zero-order chi connectivity index (χ0) is 17.1. The zero-order valence-electron chi connectivity index (χ0n) is 13.6. The molecule has 3 aromatic rings. The topological polar surface area (TPSA) is 85.6 Å². The van der Waals surface area contributed by atoms with Gasteiger partial charge >= 0.3 is 0 Å². The average molecular weight is 354 g/mol. The van der Waals surface area contributed by atoms with E-state index in [1.807, 2.05) is 30.3 Å². The van der Waals surface area contributed by atoms with E-state index < -0.39 is 6.04 Å². The third-order valence-corrected chi connectivity index (χ3v) is 5.39. The van der Waals surface area contributed by atoms with Crippen LogP contribution < -0.4 is 5.32 Å². The van der Waals surface area contributed by atoms with Crippen LogP contribution in [0.5, 0.6) is 0 Å². The Kier molecular flexibility index (Phi) is 4.51. The Labute approximate surface area is 149 Å². The van der Waals surface area contributed by atoms with Crippen LogP contribution in [-0.4, -0.2) is 31.1 Å². The quantitative estimate of drug-likeness (QED) is 0.728. The number of tetrazole rings is 1. The van der Waals surface area contributed by atoms with Crippen molar-refractivity contribution in [1.29, 1.82) is 0 Å². The van der Waals surface area contributed by atoms with Crippen molar-refractivity contribution in [2.24, 2.45) is 0 Å². The van der Waals surface area contributed by atoms with Crippen LogP contribution in [0.4, 0.5) is 5.13 Å². The summed E-state index contributed by atoms with van der Waals surface area (Å²) in [4.78, 5) is 18.9. The molecule has 2 heterocycles. The Morgan fingerprint density at radius 3 is 2.80 bits per heavy atom. The highest BCUT2D eigenvalue weighted by atomic mass is 32.1. The van der Waals surface area contributed by atoms with E-state index in [1.165, 1.54) is 35.1 Å². The second-order valence-electron chi connectivity index (χ2n) is 6.04. The van der Waals surface area contributed by atoms with Crippen LogP contribution in [0.2, 0.25) is 0 Å². The van der Waals surface area contributed by atoms with Crippen LogP contribution in [0.15, 0.2) is 36.7 Å². The second kappa shape index (κ2) is 7.10. The van der Waals surface area contributed by atoms with Crippen LogP contribution in [0, 0.1) is 0 Å². The summed E-state index contributed by atoms with van der Waals surface area (Å²) in [7, 11) is 0. The highest BCUT2D eigenvalue weighted by molar-refractivity contribution is 7.15. The molecule has 7 nitrogen and oxygen atoms in total. The molecule has 1 aromatic carbocycles. The van der Waals surface area contributed by atoms with Crippen molar-refractivity contribution in [3.63, 3.8) is 0 Å². The van der Waals surface area contributed by atoms with Crippen LogP contribution in [0.1, 0.15) is 41.4 Å². The van der Waals surface area contributed by atoms with E-state index in [9.17, 15) is 4.79 Å². The summed E-state index contributed by atoms with van der Waals surface area (Å²) >= 11 is 1.58.